The van der Waals surface area contributed by atoms with Gasteiger partial charge in [0.25, 0.3) is 5.91 Å². The van der Waals surface area contributed by atoms with Crippen LogP contribution in [0.5, 0.6) is 0 Å². The fourth-order valence-corrected chi connectivity index (χ4v) is 3.92. The molecule has 0 fully saturated rings. The predicted octanol–water partition coefficient (Wildman–Crippen LogP) is 4.11. The van der Waals surface area contributed by atoms with Crippen LogP contribution in [0.15, 0.2) is 60.5 Å². The second kappa shape index (κ2) is 7.82. The first-order valence-corrected chi connectivity index (χ1v) is 9.90. The molecule has 3 heterocycles. The molecule has 4 aromatic rings. The highest BCUT2D eigenvalue weighted by atomic mass is 32.1. The summed E-state index contributed by atoms with van der Waals surface area (Å²) in [6, 6.07) is 13.9. The number of hydrogen-bond donors (Lipinski definition) is 1. The maximum absolute atomic E-state index is 12.8. The Balaban J connectivity index is 1.46. The van der Waals surface area contributed by atoms with Crippen molar-refractivity contribution in [2.24, 2.45) is 0 Å². The number of thiophene rings is 1. The van der Waals surface area contributed by atoms with E-state index in [9.17, 15) is 4.79 Å². The lowest BCUT2D eigenvalue weighted by atomic mass is 10.2. The van der Waals surface area contributed by atoms with Gasteiger partial charge in [-0.15, -0.1) is 11.3 Å². The van der Waals surface area contributed by atoms with Crippen LogP contribution >= 0.6 is 11.3 Å². The summed E-state index contributed by atoms with van der Waals surface area (Å²) in [5.74, 6) is -0.0884. The first-order valence-electron chi connectivity index (χ1n) is 9.02. The minimum Gasteiger partial charge on any atom is -0.343 e. The minimum atomic E-state index is -0.0884. The maximum Gasteiger partial charge on any atom is 0.257 e. The van der Waals surface area contributed by atoms with Crippen LogP contribution in [0, 0.1) is 13.8 Å². The minimum absolute atomic E-state index is 0.0884. The molecule has 0 aliphatic heterocycles. The summed E-state index contributed by atoms with van der Waals surface area (Å²) in [5.41, 5.74) is 4.64. The Morgan fingerprint density at radius 3 is 2.64 bits per heavy atom. The maximum atomic E-state index is 12.8. The molecule has 0 radical (unpaired) electrons. The van der Waals surface area contributed by atoms with Gasteiger partial charge in [-0.1, -0.05) is 18.2 Å². The average Bonchev–Trinajstić information content (AvgIpc) is 3.43. The fraction of sp³-hybridized carbons (Fsp3) is 0.190. The Bertz CT molecular complexity index is 1060. The van der Waals surface area contributed by atoms with Crippen molar-refractivity contribution in [1.29, 1.82) is 0 Å². The van der Waals surface area contributed by atoms with Gasteiger partial charge in [0.2, 0.25) is 0 Å². The molecule has 0 aliphatic rings. The zero-order valence-corrected chi connectivity index (χ0v) is 16.6. The van der Waals surface area contributed by atoms with Gasteiger partial charge in [0.05, 0.1) is 18.7 Å². The summed E-state index contributed by atoms with van der Waals surface area (Å²) in [4.78, 5) is 18.0. The summed E-state index contributed by atoms with van der Waals surface area (Å²) in [7, 11) is 0. The number of aromatic nitrogens is 4. The Morgan fingerprint density at radius 1 is 1.14 bits per heavy atom. The molecule has 6 nitrogen and oxygen atoms in total. The number of aryl methyl sites for hydroxylation is 1. The van der Waals surface area contributed by atoms with Crippen LogP contribution < -0.4 is 5.32 Å². The van der Waals surface area contributed by atoms with Crippen LogP contribution in [0.2, 0.25) is 0 Å². The first kappa shape index (κ1) is 18.2. The lowest BCUT2D eigenvalue weighted by Gasteiger charge is -2.09. The number of hydrogen-bond acceptors (Lipinski definition) is 4. The van der Waals surface area contributed by atoms with Crippen molar-refractivity contribution >= 4 is 22.9 Å². The molecule has 28 heavy (non-hydrogen) atoms. The molecule has 1 amide bonds. The Labute approximate surface area is 167 Å². The highest BCUT2D eigenvalue weighted by Crippen LogP contribution is 2.21. The van der Waals surface area contributed by atoms with E-state index in [1.165, 1.54) is 11.2 Å². The lowest BCUT2D eigenvalue weighted by Crippen LogP contribution is -2.13. The smallest absolute Gasteiger partial charge is 0.257 e. The molecule has 0 saturated heterocycles. The van der Waals surface area contributed by atoms with E-state index in [-0.39, 0.29) is 5.91 Å². The van der Waals surface area contributed by atoms with Gasteiger partial charge in [-0.25, -0.2) is 9.67 Å². The van der Waals surface area contributed by atoms with E-state index in [1.54, 1.807) is 22.3 Å². The SMILES string of the molecule is Cc1cc(C(=O)Nc2ccc(Cn3cncn3)cc2)c(C)n1Cc1cccs1. The van der Waals surface area contributed by atoms with E-state index < -0.39 is 0 Å². The van der Waals surface area contributed by atoms with Crippen molar-refractivity contribution in [2.45, 2.75) is 26.9 Å². The van der Waals surface area contributed by atoms with Crippen LogP contribution in [0.25, 0.3) is 0 Å². The molecule has 0 bridgehead atoms. The molecule has 7 heteroatoms. The third-order valence-corrected chi connectivity index (χ3v) is 5.60. The van der Waals surface area contributed by atoms with Gasteiger partial charge in [0.15, 0.2) is 0 Å². The highest BCUT2D eigenvalue weighted by Gasteiger charge is 2.16. The van der Waals surface area contributed by atoms with Gasteiger partial charge >= 0.3 is 0 Å². The summed E-state index contributed by atoms with van der Waals surface area (Å²) in [5, 5.41) is 9.18. The number of amides is 1. The van der Waals surface area contributed by atoms with Crippen molar-refractivity contribution in [3.05, 3.63) is 87.9 Å². The number of anilines is 1. The number of benzene rings is 1. The van der Waals surface area contributed by atoms with E-state index in [1.807, 2.05) is 50.2 Å². The molecule has 1 N–H and O–H groups in total. The Kier molecular flexibility index (Phi) is 5.08. The van der Waals surface area contributed by atoms with Crippen molar-refractivity contribution in [1.82, 2.24) is 19.3 Å². The molecular formula is C21H21N5OS. The summed E-state index contributed by atoms with van der Waals surface area (Å²) in [6.45, 7) is 5.48. The normalized spacial score (nSPS) is 10.9. The molecule has 0 unspecified atom stereocenters. The van der Waals surface area contributed by atoms with E-state index >= 15 is 0 Å². The van der Waals surface area contributed by atoms with E-state index in [4.69, 9.17) is 0 Å². The fourth-order valence-electron chi connectivity index (χ4n) is 3.23. The van der Waals surface area contributed by atoms with Crippen LogP contribution in [-0.2, 0) is 13.1 Å². The molecule has 4 rings (SSSR count). The van der Waals surface area contributed by atoms with Gasteiger partial charge in [-0.3, -0.25) is 4.79 Å². The van der Waals surface area contributed by atoms with Crippen LogP contribution in [0.4, 0.5) is 5.69 Å². The summed E-state index contributed by atoms with van der Waals surface area (Å²) >= 11 is 1.73. The standard InChI is InChI=1S/C21H21N5OS/c1-15-10-20(16(2)26(15)12-19-4-3-9-28-19)21(27)24-18-7-5-17(6-8-18)11-25-14-22-13-23-25/h3-10,13-14H,11-12H2,1-2H3,(H,24,27). The monoisotopic (exact) mass is 391 g/mol. The molecule has 0 saturated carbocycles. The number of nitrogens with one attached hydrogen (secondary N) is 1. The van der Waals surface area contributed by atoms with Crippen LogP contribution in [0.3, 0.4) is 0 Å². The number of carbonyl (C=O) groups excluding carboxylic acids is 1. The second-order valence-electron chi connectivity index (χ2n) is 6.69. The zero-order chi connectivity index (χ0) is 19.5. The third kappa shape index (κ3) is 3.89. The van der Waals surface area contributed by atoms with E-state index in [2.05, 4.69) is 31.4 Å². The third-order valence-electron chi connectivity index (χ3n) is 4.74. The predicted molar refractivity (Wildman–Crippen MR) is 111 cm³/mol. The summed E-state index contributed by atoms with van der Waals surface area (Å²) < 4.78 is 3.94. The summed E-state index contributed by atoms with van der Waals surface area (Å²) in [6.07, 6.45) is 3.20. The second-order valence-corrected chi connectivity index (χ2v) is 7.73. The Morgan fingerprint density at radius 2 is 1.96 bits per heavy atom. The molecule has 0 atom stereocenters. The molecular weight excluding hydrogens is 370 g/mol. The zero-order valence-electron chi connectivity index (χ0n) is 15.8. The van der Waals surface area contributed by atoms with E-state index in [0.29, 0.717) is 12.1 Å². The van der Waals surface area contributed by atoms with Crippen molar-refractivity contribution in [3.63, 3.8) is 0 Å². The molecule has 1 aromatic carbocycles. The average molecular weight is 392 g/mol. The first-order chi connectivity index (χ1) is 13.6. The van der Waals surface area contributed by atoms with E-state index in [0.717, 1.165) is 29.2 Å². The van der Waals surface area contributed by atoms with Gasteiger partial charge in [0, 0.05) is 22.0 Å². The van der Waals surface area contributed by atoms with Crippen molar-refractivity contribution < 1.29 is 4.79 Å². The molecule has 3 aromatic heterocycles. The molecule has 142 valence electrons. The number of rotatable bonds is 6. The number of nitrogens with zero attached hydrogens (tertiary/aromatic N) is 4. The van der Waals surface area contributed by atoms with Gasteiger partial charge in [0.1, 0.15) is 12.7 Å². The molecule has 0 aliphatic carbocycles. The van der Waals surface area contributed by atoms with Crippen LogP contribution in [-0.4, -0.2) is 25.2 Å². The Hall–Kier alpha value is -3.19. The lowest BCUT2D eigenvalue weighted by molar-refractivity contribution is 0.102. The van der Waals surface area contributed by atoms with Gasteiger partial charge in [-0.2, -0.15) is 5.10 Å². The van der Waals surface area contributed by atoms with Gasteiger partial charge in [-0.05, 0) is 49.1 Å². The quantitative estimate of drug-likeness (QED) is 0.538. The highest BCUT2D eigenvalue weighted by molar-refractivity contribution is 7.09. The number of carbonyl (C=O) groups is 1. The molecule has 0 spiro atoms. The topological polar surface area (TPSA) is 64.7 Å². The van der Waals surface area contributed by atoms with Crippen molar-refractivity contribution in [3.8, 4) is 0 Å². The van der Waals surface area contributed by atoms with Gasteiger partial charge < -0.3 is 9.88 Å². The largest absolute Gasteiger partial charge is 0.343 e. The van der Waals surface area contributed by atoms with Crippen LogP contribution in [0.1, 0.15) is 32.2 Å². The van der Waals surface area contributed by atoms with Crippen molar-refractivity contribution in [2.75, 3.05) is 5.32 Å².